The van der Waals surface area contributed by atoms with Crippen LogP contribution in [0.5, 0.6) is 0 Å². The molecule has 0 spiro atoms. The van der Waals surface area contributed by atoms with Crippen LogP contribution in [0.25, 0.3) is 0 Å². The summed E-state index contributed by atoms with van der Waals surface area (Å²) in [6.45, 7) is 8.74. The highest BCUT2D eigenvalue weighted by Gasteiger charge is 1.97. The van der Waals surface area contributed by atoms with Crippen molar-refractivity contribution in [1.82, 2.24) is 10.3 Å². The standard InChI is InChI=1S/C16H26N2/c1-4-10-17-11-6-7-14(3)12-16-9-8-15(5-2)13-18-16/h7-9,13,17H,4-6,10-12H2,1-3H3. The van der Waals surface area contributed by atoms with Crippen molar-refractivity contribution in [3.05, 3.63) is 41.2 Å². The summed E-state index contributed by atoms with van der Waals surface area (Å²) in [5, 5.41) is 3.41. The number of pyridine rings is 1. The van der Waals surface area contributed by atoms with E-state index in [1.54, 1.807) is 0 Å². The Morgan fingerprint density at radius 3 is 2.72 bits per heavy atom. The van der Waals surface area contributed by atoms with Crippen LogP contribution in [0.1, 0.15) is 44.9 Å². The Bertz CT molecular complexity index is 352. The Kier molecular flexibility index (Phi) is 7.35. The third-order valence-corrected chi connectivity index (χ3v) is 2.99. The molecule has 0 aliphatic carbocycles. The van der Waals surface area contributed by atoms with E-state index in [4.69, 9.17) is 0 Å². The van der Waals surface area contributed by atoms with E-state index in [1.165, 1.54) is 23.3 Å². The largest absolute Gasteiger partial charge is 0.316 e. The predicted molar refractivity (Wildman–Crippen MR) is 78.9 cm³/mol. The van der Waals surface area contributed by atoms with Gasteiger partial charge in [0.2, 0.25) is 0 Å². The van der Waals surface area contributed by atoms with Crippen molar-refractivity contribution in [1.29, 1.82) is 0 Å². The molecule has 0 radical (unpaired) electrons. The van der Waals surface area contributed by atoms with Gasteiger partial charge in [-0.05, 0) is 50.9 Å². The highest BCUT2D eigenvalue weighted by atomic mass is 14.8. The Balaban J connectivity index is 2.33. The molecule has 1 N–H and O–H groups in total. The van der Waals surface area contributed by atoms with Gasteiger partial charge in [0.1, 0.15) is 0 Å². The Morgan fingerprint density at radius 2 is 2.11 bits per heavy atom. The first-order valence-electron chi connectivity index (χ1n) is 7.06. The van der Waals surface area contributed by atoms with Gasteiger partial charge < -0.3 is 5.32 Å². The number of aromatic nitrogens is 1. The fraction of sp³-hybridized carbons (Fsp3) is 0.562. The first-order valence-corrected chi connectivity index (χ1v) is 7.06. The second-order valence-corrected chi connectivity index (χ2v) is 4.78. The Labute approximate surface area is 112 Å². The number of nitrogens with one attached hydrogen (secondary N) is 1. The van der Waals surface area contributed by atoms with Crippen molar-refractivity contribution in [3.8, 4) is 0 Å². The Hall–Kier alpha value is -1.15. The molecule has 0 saturated carbocycles. The van der Waals surface area contributed by atoms with Crippen molar-refractivity contribution in [3.63, 3.8) is 0 Å². The normalized spacial score (nSPS) is 11.8. The number of nitrogens with zero attached hydrogens (tertiary/aromatic N) is 1. The van der Waals surface area contributed by atoms with Crippen LogP contribution >= 0.6 is 0 Å². The van der Waals surface area contributed by atoms with Crippen LogP contribution in [0.4, 0.5) is 0 Å². The van der Waals surface area contributed by atoms with Crippen LogP contribution in [0.2, 0.25) is 0 Å². The maximum Gasteiger partial charge on any atom is 0.0444 e. The van der Waals surface area contributed by atoms with E-state index in [9.17, 15) is 0 Å². The van der Waals surface area contributed by atoms with E-state index in [0.29, 0.717) is 0 Å². The lowest BCUT2D eigenvalue weighted by molar-refractivity contribution is 0.676. The molecule has 0 unspecified atom stereocenters. The van der Waals surface area contributed by atoms with Crippen LogP contribution in [0.15, 0.2) is 30.0 Å². The molecule has 1 aromatic rings. The van der Waals surface area contributed by atoms with Crippen LogP contribution in [-0.4, -0.2) is 18.1 Å². The van der Waals surface area contributed by atoms with E-state index in [-0.39, 0.29) is 0 Å². The zero-order valence-corrected chi connectivity index (χ0v) is 12.0. The van der Waals surface area contributed by atoms with E-state index in [1.807, 2.05) is 6.20 Å². The summed E-state index contributed by atoms with van der Waals surface area (Å²) in [6, 6.07) is 4.32. The summed E-state index contributed by atoms with van der Waals surface area (Å²) < 4.78 is 0. The first kappa shape index (κ1) is 14.9. The summed E-state index contributed by atoms with van der Waals surface area (Å²) in [5.41, 5.74) is 3.89. The van der Waals surface area contributed by atoms with Gasteiger partial charge in [0.15, 0.2) is 0 Å². The quantitative estimate of drug-likeness (QED) is 0.561. The van der Waals surface area contributed by atoms with E-state index < -0.39 is 0 Å². The molecule has 100 valence electrons. The molecule has 2 nitrogen and oxygen atoms in total. The van der Waals surface area contributed by atoms with Gasteiger partial charge in [-0.25, -0.2) is 0 Å². The summed E-state index contributed by atoms with van der Waals surface area (Å²) in [6.07, 6.45) is 8.65. The summed E-state index contributed by atoms with van der Waals surface area (Å²) in [4.78, 5) is 4.49. The predicted octanol–water partition coefficient (Wildman–Crippen LogP) is 3.52. The van der Waals surface area contributed by atoms with Gasteiger partial charge in [0, 0.05) is 18.3 Å². The van der Waals surface area contributed by atoms with Crippen LogP contribution in [0, 0.1) is 0 Å². The fourth-order valence-corrected chi connectivity index (χ4v) is 1.85. The van der Waals surface area contributed by atoms with Crippen molar-refractivity contribution in [2.24, 2.45) is 0 Å². The second-order valence-electron chi connectivity index (χ2n) is 4.78. The van der Waals surface area contributed by atoms with Gasteiger partial charge in [-0.2, -0.15) is 0 Å². The number of aryl methyl sites for hydroxylation is 1. The van der Waals surface area contributed by atoms with Gasteiger partial charge in [-0.15, -0.1) is 0 Å². The van der Waals surface area contributed by atoms with E-state index in [0.717, 1.165) is 32.4 Å². The molecule has 0 aromatic carbocycles. The first-order chi connectivity index (χ1) is 8.76. The molecule has 0 aliphatic rings. The van der Waals surface area contributed by atoms with Crippen molar-refractivity contribution in [2.45, 2.75) is 46.5 Å². The van der Waals surface area contributed by atoms with Gasteiger partial charge in [0.05, 0.1) is 0 Å². The molecule has 0 amide bonds. The van der Waals surface area contributed by atoms with E-state index in [2.05, 4.69) is 49.3 Å². The average molecular weight is 246 g/mol. The van der Waals surface area contributed by atoms with Crippen molar-refractivity contribution >= 4 is 0 Å². The second kappa shape index (κ2) is 8.87. The number of hydrogen-bond donors (Lipinski definition) is 1. The van der Waals surface area contributed by atoms with E-state index >= 15 is 0 Å². The molecular formula is C16H26N2. The zero-order chi connectivity index (χ0) is 13.2. The minimum absolute atomic E-state index is 0.970. The molecule has 1 rings (SSSR count). The van der Waals surface area contributed by atoms with Crippen molar-refractivity contribution in [2.75, 3.05) is 13.1 Å². The van der Waals surface area contributed by atoms with Crippen LogP contribution in [-0.2, 0) is 12.8 Å². The van der Waals surface area contributed by atoms with Gasteiger partial charge in [-0.1, -0.05) is 31.6 Å². The molecular weight excluding hydrogens is 220 g/mol. The molecule has 1 heterocycles. The topological polar surface area (TPSA) is 24.9 Å². The summed E-state index contributed by atoms with van der Waals surface area (Å²) in [5.74, 6) is 0. The van der Waals surface area contributed by atoms with Crippen molar-refractivity contribution < 1.29 is 0 Å². The lowest BCUT2D eigenvalue weighted by Crippen LogP contribution is -2.15. The number of rotatable bonds is 8. The molecule has 18 heavy (non-hydrogen) atoms. The molecule has 0 aliphatic heterocycles. The smallest absolute Gasteiger partial charge is 0.0444 e. The summed E-state index contributed by atoms with van der Waals surface area (Å²) >= 11 is 0. The van der Waals surface area contributed by atoms with Crippen LogP contribution < -0.4 is 5.32 Å². The maximum atomic E-state index is 4.49. The minimum Gasteiger partial charge on any atom is -0.316 e. The molecule has 0 saturated heterocycles. The Morgan fingerprint density at radius 1 is 1.28 bits per heavy atom. The number of allylic oxidation sites excluding steroid dienone is 1. The molecule has 2 heteroatoms. The minimum atomic E-state index is 0.970. The highest BCUT2D eigenvalue weighted by Crippen LogP contribution is 2.07. The molecule has 0 fully saturated rings. The number of hydrogen-bond acceptors (Lipinski definition) is 2. The lowest BCUT2D eigenvalue weighted by atomic mass is 10.1. The van der Waals surface area contributed by atoms with Gasteiger partial charge >= 0.3 is 0 Å². The van der Waals surface area contributed by atoms with Crippen LogP contribution in [0.3, 0.4) is 0 Å². The third-order valence-electron chi connectivity index (χ3n) is 2.99. The average Bonchev–Trinajstić information content (AvgIpc) is 2.39. The maximum absolute atomic E-state index is 4.49. The third kappa shape index (κ3) is 5.97. The van der Waals surface area contributed by atoms with Gasteiger partial charge in [-0.3, -0.25) is 4.98 Å². The molecule has 0 atom stereocenters. The lowest BCUT2D eigenvalue weighted by Gasteiger charge is -2.04. The monoisotopic (exact) mass is 246 g/mol. The summed E-state index contributed by atoms with van der Waals surface area (Å²) in [7, 11) is 0. The molecule has 1 aromatic heterocycles. The fourth-order valence-electron chi connectivity index (χ4n) is 1.85. The molecule has 0 bridgehead atoms. The highest BCUT2D eigenvalue weighted by molar-refractivity contribution is 5.18. The zero-order valence-electron chi connectivity index (χ0n) is 12.0. The van der Waals surface area contributed by atoms with Gasteiger partial charge in [0.25, 0.3) is 0 Å². The SMILES string of the molecule is CCCNCCC=C(C)Cc1ccc(CC)cn1.